The third-order valence-electron chi connectivity index (χ3n) is 3.21. The predicted octanol–water partition coefficient (Wildman–Crippen LogP) is 2.10. The highest BCUT2D eigenvalue weighted by atomic mass is 19.1. The number of halogens is 2. The van der Waals surface area contributed by atoms with E-state index < -0.39 is 11.6 Å². The van der Waals surface area contributed by atoms with Gasteiger partial charge in [-0.05, 0) is 43.0 Å². The van der Waals surface area contributed by atoms with Gasteiger partial charge in [0.05, 0.1) is 0 Å². The van der Waals surface area contributed by atoms with Gasteiger partial charge in [-0.3, -0.25) is 4.90 Å². The van der Waals surface area contributed by atoms with E-state index in [4.69, 9.17) is 5.11 Å². The van der Waals surface area contributed by atoms with E-state index in [1.165, 1.54) is 6.07 Å². The Labute approximate surface area is 99.9 Å². The maximum absolute atomic E-state index is 13.5. The van der Waals surface area contributed by atoms with Crippen LogP contribution in [0.15, 0.2) is 12.1 Å². The van der Waals surface area contributed by atoms with Crippen molar-refractivity contribution in [2.45, 2.75) is 25.8 Å². The zero-order chi connectivity index (χ0) is 12.3. The molecule has 1 aliphatic heterocycles. The number of hydrogen-bond acceptors (Lipinski definition) is 2. The highest BCUT2D eigenvalue weighted by molar-refractivity contribution is 5.31. The molecule has 0 radical (unpaired) electrons. The summed E-state index contributed by atoms with van der Waals surface area (Å²) in [5.74, 6) is -0.923. The molecule has 0 aliphatic carbocycles. The van der Waals surface area contributed by atoms with Gasteiger partial charge in [0.25, 0.3) is 0 Å². The van der Waals surface area contributed by atoms with Gasteiger partial charge < -0.3 is 5.11 Å². The van der Waals surface area contributed by atoms with Crippen LogP contribution in [0.2, 0.25) is 0 Å². The summed E-state index contributed by atoms with van der Waals surface area (Å²) in [7, 11) is 0. The molecule has 2 nitrogen and oxygen atoms in total. The monoisotopic (exact) mass is 241 g/mol. The van der Waals surface area contributed by atoms with E-state index in [9.17, 15) is 8.78 Å². The van der Waals surface area contributed by atoms with Gasteiger partial charge in [0, 0.05) is 25.8 Å². The van der Waals surface area contributed by atoms with Crippen LogP contribution in [0.3, 0.4) is 0 Å². The molecule has 0 spiro atoms. The van der Waals surface area contributed by atoms with Crippen molar-refractivity contribution in [2.24, 2.45) is 0 Å². The second-order valence-corrected chi connectivity index (χ2v) is 4.48. The van der Waals surface area contributed by atoms with Gasteiger partial charge in [-0.25, -0.2) is 8.78 Å². The SMILES string of the molecule is OCCCCN1CCc2c(F)cc(F)cc2C1. The number of benzene rings is 1. The maximum Gasteiger partial charge on any atom is 0.129 e. The lowest BCUT2D eigenvalue weighted by Crippen LogP contribution is -2.32. The molecule has 94 valence electrons. The van der Waals surface area contributed by atoms with Crippen molar-refractivity contribution in [1.82, 2.24) is 4.90 Å². The van der Waals surface area contributed by atoms with E-state index in [1.807, 2.05) is 0 Å². The Morgan fingerprint density at radius 3 is 2.82 bits per heavy atom. The highest BCUT2D eigenvalue weighted by Gasteiger charge is 2.19. The normalized spacial score (nSPS) is 15.9. The molecular formula is C13H17F2NO. The summed E-state index contributed by atoms with van der Waals surface area (Å²) in [4.78, 5) is 2.18. The first kappa shape index (κ1) is 12.5. The fourth-order valence-corrected chi connectivity index (χ4v) is 2.31. The quantitative estimate of drug-likeness (QED) is 0.816. The predicted molar refractivity (Wildman–Crippen MR) is 61.7 cm³/mol. The molecule has 1 aliphatic rings. The summed E-state index contributed by atoms with van der Waals surface area (Å²) >= 11 is 0. The number of aliphatic hydroxyl groups excluding tert-OH is 1. The Balaban J connectivity index is 2.03. The molecule has 2 rings (SSSR count). The van der Waals surface area contributed by atoms with E-state index in [2.05, 4.69) is 4.90 Å². The standard InChI is InChI=1S/C13H17F2NO/c14-11-7-10-9-16(4-1-2-6-17)5-3-12(10)13(15)8-11/h7-8,17H,1-6,9H2. The molecule has 0 fully saturated rings. The third kappa shape index (κ3) is 3.01. The molecule has 0 amide bonds. The zero-order valence-corrected chi connectivity index (χ0v) is 9.75. The molecule has 1 aromatic carbocycles. The molecule has 0 bridgehead atoms. The fraction of sp³-hybridized carbons (Fsp3) is 0.538. The number of nitrogens with zero attached hydrogens (tertiary/aromatic N) is 1. The molecular weight excluding hydrogens is 224 g/mol. The molecule has 4 heteroatoms. The van der Waals surface area contributed by atoms with E-state index in [-0.39, 0.29) is 6.61 Å². The van der Waals surface area contributed by atoms with Crippen LogP contribution in [0.1, 0.15) is 24.0 Å². The number of hydrogen-bond donors (Lipinski definition) is 1. The van der Waals surface area contributed by atoms with Crippen LogP contribution in [0.25, 0.3) is 0 Å². The second kappa shape index (κ2) is 5.56. The molecule has 17 heavy (non-hydrogen) atoms. The van der Waals surface area contributed by atoms with Crippen LogP contribution in [0.5, 0.6) is 0 Å². The summed E-state index contributed by atoms with van der Waals surface area (Å²) in [6, 6.07) is 2.39. The summed E-state index contributed by atoms with van der Waals surface area (Å²) in [6.07, 6.45) is 2.34. The van der Waals surface area contributed by atoms with Crippen LogP contribution in [0, 0.1) is 11.6 Å². The molecule has 1 aromatic rings. The van der Waals surface area contributed by atoms with Crippen molar-refractivity contribution in [3.05, 3.63) is 34.9 Å². The molecule has 1 heterocycles. The molecule has 0 saturated carbocycles. The molecule has 0 saturated heterocycles. The average Bonchev–Trinajstić information content (AvgIpc) is 2.28. The van der Waals surface area contributed by atoms with Crippen molar-refractivity contribution in [3.63, 3.8) is 0 Å². The van der Waals surface area contributed by atoms with Crippen molar-refractivity contribution in [2.75, 3.05) is 19.7 Å². The smallest absolute Gasteiger partial charge is 0.129 e. The Bertz CT molecular complexity index is 395. The van der Waals surface area contributed by atoms with Crippen LogP contribution >= 0.6 is 0 Å². The lowest BCUT2D eigenvalue weighted by atomic mass is 9.99. The highest BCUT2D eigenvalue weighted by Crippen LogP contribution is 2.23. The Kier molecular flexibility index (Phi) is 4.07. The van der Waals surface area contributed by atoms with Gasteiger partial charge in [0.15, 0.2) is 0 Å². The maximum atomic E-state index is 13.5. The number of aliphatic hydroxyl groups is 1. The zero-order valence-electron chi connectivity index (χ0n) is 9.75. The van der Waals surface area contributed by atoms with Gasteiger partial charge in [0.1, 0.15) is 11.6 Å². The fourth-order valence-electron chi connectivity index (χ4n) is 2.31. The molecule has 0 aromatic heterocycles. The average molecular weight is 241 g/mol. The minimum atomic E-state index is -0.501. The van der Waals surface area contributed by atoms with Gasteiger partial charge in [0.2, 0.25) is 0 Å². The van der Waals surface area contributed by atoms with Crippen molar-refractivity contribution >= 4 is 0 Å². The van der Waals surface area contributed by atoms with E-state index in [0.29, 0.717) is 18.5 Å². The summed E-state index contributed by atoms with van der Waals surface area (Å²) < 4.78 is 26.6. The van der Waals surface area contributed by atoms with Crippen LogP contribution in [-0.2, 0) is 13.0 Å². The summed E-state index contributed by atoms with van der Waals surface area (Å²) in [5.41, 5.74) is 1.42. The third-order valence-corrected chi connectivity index (χ3v) is 3.21. The first-order valence-corrected chi connectivity index (χ1v) is 6.00. The van der Waals surface area contributed by atoms with Crippen LogP contribution < -0.4 is 0 Å². The van der Waals surface area contributed by atoms with E-state index >= 15 is 0 Å². The van der Waals surface area contributed by atoms with E-state index in [0.717, 1.165) is 37.6 Å². The number of rotatable bonds is 4. The topological polar surface area (TPSA) is 23.5 Å². The summed E-state index contributed by atoms with van der Waals surface area (Å²) in [5, 5.41) is 8.71. The minimum absolute atomic E-state index is 0.202. The Hall–Kier alpha value is -1.00. The Morgan fingerprint density at radius 1 is 1.24 bits per heavy atom. The van der Waals surface area contributed by atoms with E-state index in [1.54, 1.807) is 0 Å². The summed E-state index contributed by atoms with van der Waals surface area (Å²) in [6.45, 7) is 2.49. The van der Waals surface area contributed by atoms with Crippen molar-refractivity contribution < 1.29 is 13.9 Å². The lowest BCUT2D eigenvalue weighted by molar-refractivity contribution is 0.227. The first-order valence-electron chi connectivity index (χ1n) is 6.00. The first-order chi connectivity index (χ1) is 8.20. The largest absolute Gasteiger partial charge is 0.396 e. The second-order valence-electron chi connectivity index (χ2n) is 4.48. The Morgan fingerprint density at radius 2 is 2.06 bits per heavy atom. The van der Waals surface area contributed by atoms with Gasteiger partial charge in [-0.1, -0.05) is 0 Å². The van der Waals surface area contributed by atoms with Gasteiger partial charge in [-0.2, -0.15) is 0 Å². The van der Waals surface area contributed by atoms with Gasteiger partial charge >= 0.3 is 0 Å². The number of unbranched alkanes of at least 4 members (excludes halogenated alkanes) is 1. The number of fused-ring (bicyclic) bond motifs is 1. The van der Waals surface area contributed by atoms with Crippen molar-refractivity contribution in [3.8, 4) is 0 Å². The van der Waals surface area contributed by atoms with Crippen molar-refractivity contribution in [1.29, 1.82) is 0 Å². The molecule has 1 N–H and O–H groups in total. The van der Waals surface area contributed by atoms with Crippen LogP contribution in [-0.4, -0.2) is 29.7 Å². The minimum Gasteiger partial charge on any atom is -0.396 e. The molecule has 0 unspecified atom stereocenters. The van der Waals surface area contributed by atoms with Gasteiger partial charge in [-0.15, -0.1) is 0 Å². The van der Waals surface area contributed by atoms with Crippen LogP contribution in [0.4, 0.5) is 8.78 Å². The molecule has 0 atom stereocenters. The lowest BCUT2D eigenvalue weighted by Gasteiger charge is -2.28.